The average Bonchev–Trinajstić information content (AvgIpc) is 2.49. The monoisotopic (exact) mass is 325 g/mol. The molecule has 2 rings (SSSR count). The van der Waals surface area contributed by atoms with Gasteiger partial charge in [0.2, 0.25) is 0 Å². The molecule has 6 heteroatoms. The molecule has 0 amide bonds. The second kappa shape index (κ2) is 7.17. The van der Waals surface area contributed by atoms with Crippen LogP contribution in [0.25, 0.3) is 10.9 Å². The lowest BCUT2D eigenvalue weighted by Gasteiger charge is -2.19. The Balaban J connectivity index is 2.26. The van der Waals surface area contributed by atoms with Crippen LogP contribution in [0.5, 0.6) is 0 Å². The molecule has 0 aliphatic carbocycles. The van der Waals surface area contributed by atoms with Crippen molar-refractivity contribution in [2.24, 2.45) is 0 Å². The number of benzene rings is 1. The molecule has 2 aromatic rings. The number of pyridine rings is 1. The first-order valence-corrected chi connectivity index (χ1v) is 7.80. The number of halogens is 3. The summed E-state index contributed by atoms with van der Waals surface area (Å²) in [7, 11) is 0. The number of likely N-dealkylation sites (N-methyl/N-ethyl adjacent to an activating group) is 1. The van der Waals surface area contributed by atoms with Gasteiger partial charge in [0.15, 0.2) is 0 Å². The Bertz CT molecular complexity index is 664. The Morgan fingerprint density at radius 2 is 1.83 bits per heavy atom. The van der Waals surface area contributed by atoms with Crippen molar-refractivity contribution in [3.63, 3.8) is 0 Å². The van der Waals surface area contributed by atoms with E-state index in [1.54, 1.807) is 6.92 Å². The maximum Gasteiger partial charge on any atom is 0.416 e. The highest BCUT2D eigenvalue weighted by atomic mass is 19.4. The predicted molar refractivity (Wildman–Crippen MR) is 87.8 cm³/mol. The molecular weight excluding hydrogens is 303 g/mol. The molecule has 0 aliphatic rings. The van der Waals surface area contributed by atoms with E-state index in [-0.39, 0.29) is 0 Å². The van der Waals surface area contributed by atoms with Crippen LogP contribution >= 0.6 is 0 Å². The van der Waals surface area contributed by atoms with Crippen molar-refractivity contribution >= 4 is 16.6 Å². The number of aromatic nitrogens is 1. The fraction of sp³-hybridized carbons (Fsp3) is 0.471. The number of aryl methyl sites for hydroxylation is 1. The van der Waals surface area contributed by atoms with E-state index < -0.39 is 11.7 Å². The molecule has 0 aliphatic heterocycles. The Kier molecular flexibility index (Phi) is 5.46. The van der Waals surface area contributed by atoms with Crippen LogP contribution in [-0.2, 0) is 6.18 Å². The van der Waals surface area contributed by atoms with Crippen molar-refractivity contribution in [1.82, 2.24) is 9.88 Å². The van der Waals surface area contributed by atoms with Gasteiger partial charge in [-0.15, -0.1) is 0 Å². The molecular formula is C17H22F3N3. The van der Waals surface area contributed by atoms with Crippen LogP contribution in [-0.4, -0.2) is 36.1 Å². The summed E-state index contributed by atoms with van der Waals surface area (Å²) < 4.78 is 38.5. The minimum atomic E-state index is -4.35. The quantitative estimate of drug-likeness (QED) is 0.857. The van der Waals surface area contributed by atoms with Gasteiger partial charge in [-0.3, -0.25) is 4.98 Å². The average molecular weight is 325 g/mol. The van der Waals surface area contributed by atoms with Gasteiger partial charge < -0.3 is 10.2 Å². The first-order chi connectivity index (χ1) is 10.8. The summed E-state index contributed by atoms with van der Waals surface area (Å²) in [5.41, 5.74) is 1.22. The first kappa shape index (κ1) is 17.5. The third kappa shape index (κ3) is 4.34. The molecule has 0 atom stereocenters. The Morgan fingerprint density at radius 1 is 1.13 bits per heavy atom. The highest BCUT2D eigenvalue weighted by Crippen LogP contribution is 2.32. The maximum atomic E-state index is 12.8. The Labute approximate surface area is 134 Å². The van der Waals surface area contributed by atoms with E-state index in [9.17, 15) is 13.2 Å². The van der Waals surface area contributed by atoms with Gasteiger partial charge in [0.05, 0.1) is 11.1 Å². The second-order valence-electron chi connectivity index (χ2n) is 5.49. The lowest BCUT2D eigenvalue weighted by atomic mass is 10.1. The molecule has 1 N–H and O–H groups in total. The van der Waals surface area contributed by atoms with Gasteiger partial charge in [-0.25, -0.2) is 0 Å². The zero-order valence-electron chi connectivity index (χ0n) is 13.7. The van der Waals surface area contributed by atoms with Gasteiger partial charge in [0.1, 0.15) is 0 Å². The molecule has 0 fully saturated rings. The van der Waals surface area contributed by atoms with Crippen LogP contribution in [0.1, 0.15) is 25.1 Å². The molecule has 0 spiro atoms. The van der Waals surface area contributed by atoms with E-state index in [4.69, 9.17) is 0 Å². The molecule has 0 bridgehead atoms. The number of rotatable bonds is 6. The zero-order valence-corrected chi connectivity index (χ0v) is 13.7. The number of anilines is 1. The van der Waals surface area contributed by atoms with Crippen LogP contribution in [0.2, 0.25) is 0 Å². The molecule has 1 heterocycles. The Morgan fingerprint density at radius 3 is 2.43 bits per heavy atom. The number of fused-ring (bicyclic) bond motifs is 1. The standard InChI is InChI=1S/C17H22F3N3/c1-4-23(5-2)9-8-21-15-10-12(3)22-16-11-13(17(18,19)20)6-7-14(15)16/h6-7,10-11H,4-5,8-9H2,1-3H3,(H,21,22). The number of hydrogen-bond donors (Lipinski definition) is 1. The summed E-state index contributed by atoms with van der Waals surface area (Å²) >= 11 is 0. The predicted octanol–water partition coefficient (Wildman–Crippen LogP) is 4.32. The summed E-state index contributed by atoms with van der Waals surface area (Å²) in [6, 6.07) is 5.58. The topological polar surface area (TPSA) is 28.2 Å². The van der Waals surface area contributed by atoms with E-state index in [0.29, 0.717) is 16.6 Å². The van der Waals surface area contributed by atoms with Crippen molar-refractivity contribution in [1.29, 1.82) is 0 Å². The lowest BCUT2D eigenvalue weighted by molar-refractivity contribution is -0.137. The van der Waals surface area contributed by atoms with Crippen molar-refractivity contribution in [2.75, 3.05) is 31.5 Å². The molecule has 0 saturated heterocycles. The van der Waals surface area contributed by atoms with E-state index in [2.05, 4.69) is 29.0 Å². The lowest BCUT2D eigenvalue weighted by Crippen LogP contribution is -2.28. The molecule has 1 aromatic heterocycles. The number of hydrogen-bond acceptors (Lipinski definition) is 3. The van der Waals surface area contributed by atoms with Gasteiger partial charge in [0.25, 0.3) is 0 Å². The largest absolute Gasteiger partial charge is 0.416 e. The summed E-state index contributed by atoms with van der Waals surface area (Å²) in [5.74, 6) is 0. The van der Waals surface area contributed by atoms with Crippen molar-refractivity contribution in [3.8, 4) is 0 Å². The van der Waals surface area contributed by atoms with Gasteiger partial charge in [-0.2, -0.15) is 13.2 Å². The molecule has 0 saturated carbocycles. The van der Waals surface area contributed by atoms with Crippen molar-refractivity contribution < 1.29 is 13.2 Å². The zero-order chi connectivity index (χ0) is 17.0. The highest BCUT2D eigenvalue weighted by molar-refractivity contribution is 5.92. The van der Waals surface area contributed by atoms with Crippen molar-refractivity contribution in [2.45, 2.75) is 26.9 Å². The number of alkyl halides is 3. The number of nitrogens with one attached hydrogen (secondary N) is 1. The van der Waals surface area contributed by atoms with Crippen LogP contribution in [0.3, 0.4) is 0 Å². The van der Waals surface area contributed by atoms with Gasteiger partial charge in [-0.05, 0) is 38.2 Å². The van der Waals surface area contributed by atoms with Gasteiger partial charge >= 0.3 is 6.18 Å². The second-order valence-corrected chi connectivity index (χ2v) is 5.49. The van der Waals surface area contributed by atoms with Crippen LogP contribution in [0, 0.1) is 6.92 Å². The summed E-state index contributed by atoms with van der Waals surface area (Å²) in [5, 5.41) is 4.03. The molecule has 1 aromatic carbocycles. The minimum absolute atomic E-state index is 0.366. The van der Waals surface area contributed by atoms with Gasteiger partial charge in [-0.1, -0.05) is 19.9 Å². The van der Waals surface area contributed by atoms with E-state index in [1.165, 1.54) is 6.07 Å². The Hall–Kier alpha value is -1.82. The third-order valence-electron chi connectivity index (χ3n) is 3.90. The smallest absolute Gasteiger partial charge is 0.383 e. The summed E-state index contributed by atoms with van der Waals surface area (Å²) in [4.78, 5) is 6.52. The van der Waals surface area contributed by atoms with Crippen LogP contribution in [0.4, 0.5) is 18.9 Å². The van der Waals surface area contributed by atoms with Gasteiger partial charge in [0, 0.05) is 29.9 Å². The fourth-order valence-corrected chi connectivity index (χ4v) is 2.57. The van der Waals surface area contributed by atoms with E-state index >= 15 is 0 Å². The summed E-state index contributed by atoms with van der Waals surface area (Å²) in [6.07, 6.45) is -4.35. The highest BCUT2D eigenvalue weighted by Gasteiger charge is 2.30. The molecule has 126 valence electrons. The van der Waals surface area contributed by atoms with E-state index in [0.717, 1.165) is 44.0 Å². The SMILES string of the molecule is CCN(CC)CCNc1cc(C)nc2cc(C(F)(F)F)ccc12. The normalized spacial score (nSPS) is 12.1. The summed E-state index contributed by atoms with van der Waals surface area (Å²) in [6.45, 7) is 9.57. The molecule has 0 radical (unpaired) electrons. The maximum absolute atomic E-state index is 12.8. The number of nitrogens with zero attached hydrogens (tertiary/aromatic N) is 2. The molecule has 0 unspecified atom stereocenters. The van der Waals surface area contributed by atoms with Crippen LogP contribution < -0.4 is 5.32 Å². The minimum Gasteiger partial charge on any atom is -0.383 e. The third-order valence-corrected chi connectivity index (χ3v) is 3.90. The van der Waals surface area contributed by atoms with Crippen molar-refractivity contribution in [3.05, 3.63) is 35.5 Å². The van der Waals surface area contributed by atoms with E-state index in [1.807, 2.05) is 6.07 Å². The fourth-order valence-electron chi connectivity index (χ4n) is 2.57. The molecule has 3 nitrogen and oxygen atoms in total. The first-order valence-electron chi connectivity index (χ1n) is 7.80. The van der Waals surface area contributed by atoms with Crippen LogP contribution in [0.15, 0.2) is 24.3 Å². The molecule has 23 heavy (non-hydrogen) atoms.